The molecule has 1 saturated heterocycles. The summed E-state index contributed by atoms with van der Waals surface area (Å²) in [5.74, 6) is -0.289. The molecule has 1 aliphatic rings. The molecule has 6 heteroatoms. The lowest BCUT2D eigenvalue weighted by Gasteiger charge is -2.41. The van der Waals surface area contributed by atoms with Gasteiger partial charge in [0.2, 0.25) is 5.91 Å². The van der Waals surface area contributed by atoms with Gasteiger partial charge in [-0.2, -0.15) is 0 Å². The minimum atomic E-state index is -0.221. The Hall–Kier alpha value is -2.76. The van der Waals surface area contributed by atoms with Crippen molar-refractivity contribution in [1.29, 1.82) is 0 Å². The summed E-state index contributed by atoms with van der Waals surface area (Å²) in [7, 11) is 0. The quantitative estimate of drug-likeness (QED) is 0.815. The van der Waals surface area contributed by atoms with E-state index in [0.717, 1.165) is 36.2 Å². The van der Waals surface area contributed by atoms with Gasteiger partial charge in [-0.05, 0) is 38.0 Å². The zero-order valence-corrected chi connectivity index (χ0v) is 16.2. The average Bonchev–Trinajstić information content (AvgIpc) is 2.67. The first-order chi connectivity index (χ1) is 13.0. The van der Waals surface area contributed by atoms with E-state index in [-0.39, 0.29) is 24.4 Å². The van der Waals surface area contributed by atoms with Crippen LogP contribution < -0.4 is 4.90 Å². The van der Waals surface area contributed by atoms with Gasteiger partial charge in [-0.15, -0.1) is 0 Å². The number of benzene rings is 1. The maximum atomic E-state index is 13.0. The number of hydrogen-bond acceptors (Lipinski definition) is 4. The molecule has 0 radical (unpaired) electrons. The van der Waals surface area contributed by atoms with E-state index in [1.54, 1.807) is 16.0 Å². The van der Waals surface area contributed by atoms with Crippen LogP contribution in [0, 0.1) is 13.8 Å². The molecule has 27 heavy (non-hydrogen) atoms. The highest BCUT2D eigenvalue weighted by Gasteiger charge is 2.36. The van der Waals surface area contributed by atoms with E-state index in [2.05, 4.69) is 16.9 Å². The molecule has 0 N–H and O–H groups in total. The third kappa shape index (κ3) is 4.32. The summed E-state index contributed by atoms with van der Waals surface area (Å²) < 4.78 is 0. The fourth-order valence-electron chi connectivity index (χ4n) is 3.39. The lowest BCUT2D eigenvalue weighted by Crippen LogP contribution is -2.58. The van der Waals surface area contributed by atoms with Crippen molar-refractivity contribution in [2.45, 2.75) is 46.1 Å². The molecule has 142 valence electrons. The number of nitrogens with zero attached hydrogens (tertiary/aromatic N) is 4. The molecular formula is C21H26N4O2. The van der Waals surface area contributed by atoms with Crippen LogP contribution in [0.5, 0.6) is 0 Å². The van der Waals surface area contributed by atoms with Crippen LogP contribution in [0.1, 0.15) is 47.9 Å². The Labute approximate surface area is 160 Å². The molecule has 0 unspecified atom stereocenters. The van der Waals surface area contributed by atoms with E-state index in [1.807, 2.05) is 38.1 Å². The summed E-state index contributed by atoms with van der Waals surface area (Å²) in [5.41, 5.74) is 3.05. The summed E-state index contributed by atoms with van der Waals surface area (Å²) in [4.78, 5) is 37.6. The second kappa shape index (κ2) is 8.29. The molecule has 3 rings (SSSR count). The monoisotopic (exact) mass is 366 g/mol. The van der Waals surface area contributed by atoms with E-state index in [9.17, 15) is 9.59 Å². The van der Waals surface area contributed by atoms with Gasteiger partial charge in [0.15, 0.2) is 0 Å². The summed E-state index contributed by atoms with van der Waals surface area (Å²) in [6, 6.07) is 7.90. The van der Waals surface area contributed by atoms with Crippen LogP contribution in [-0.2, 0) is 4.79 Å². The standard InChI is InChI=1S/C21H26N4O2/c1-4-5-8-18-13-24(17-9-6-7-15(2)10-17)20(26)14-25(18)21(27)19-12-22-16(3)11-23-19/h6-7,9-12,18H,4-5,8,13-14H2,1-3H3/t18-/m0/s1. The van der Waals surface area contributed by atoms with Crippen LogP contribution in [0.2, 0.25) is 0 Å². The summed E-state index contributed by atoms with van der Waals surface area (Å²) in [6.45, 7) is 6.54. The normalized spacial score (nSPS) is 17.3. The highest BCUT2D eigenvalue weighted by Crippen LogP contribution is 2.24. The van der Waals surface area contributed by atoms with Crippen molar-refractivity contribution >= 4 is 17.5 Å². The average molecular weight is 366 g/mol. The number of amides is 2. The Balaban J connectivity index is 1.85. The number of piperazine rings is 1. The van der Waals surface area contributed by atoms with Crippen LogP contribution in [0.3, 0.4) is 0 Å². The van der Waals surface area contributed by atoms with E-state index < -0.39 is 0 Å². The van der Waals surface area contributed by atoms with Crippen molar-refractivity contribution in [1.82, 2.24) is 14.9 Å². The van der Waals surface area contributed by atoms with Gasteiger partial charge in [-0.25, -0.2) is 4.98 Å². The lowest BCUT2D eigenvalue weighted by atomic mass is 10.0. The number of rotatable bonds is 5. The minimum Gasteiger partial charge on any atom is -0.323 e. The van der Waals surface area contributed by atoms with Crippen LogP contribution in [-0.4, -0.2) is 45.8 Å². The highest BCUT2D eigenvalue weighted by atomic mass is 16.2. The van der Waals surface area contributed by atoms with Gasteiger partial charge in [-0.1, -0.05) is 31.9 Å². The number of carbonyl (C=O) groups excluding carboxylic acids is 2. The molecule has 1 aromatic heterocycles. The Morgan fingerprint density at radius 3 is 2.70 bits per heavy atom. The highest BCUT2D eigenvalue weighted by molar-refractivity contribution is 6.01. The fraction of sp³-hybridized carbons (Fsp3) is 0.429. The van der Waals surface area contributed by atoms with Crippen molar-refractivity contribution in [2.24, 2.45) is 0 Å². The molecule has 1 aliphatic heterocycles. The van der Waals surface area contributed by atoms with Crippen molar-refractivity contribution in [3.63, 3.8) is 0 Å². The maximum Gasteiger partial charge on any atom is 0.274 e. The predicted octanol–water partition coefficient (Wildman–Crippen LogP) is 3.14. The molecule has 1 atom stereocenters. The van der Waals surface area contributed by atoms with Crippen molar-refractivity contribution in [3.05, 3.63) is 53.6 Å². The topological polar surface area (TPSA) is 66.4 Å². The number of aryl methyl sites for hydroxylation is 2. The molecule has 6 nitrogen and oxygen atoms in total. The van der Waals surface area contributed by atoms with Gasteiger partial charge >= 0.3 is 0 Å². The van der Waals surface area contributed by atoms with Gasteiger partial charge in [0, 0.05) is 18.4 Å². The van der Waals surface area contributed by atoms with Gasteiger partial charge in [0.05, 0.1) is 17.9 Å². The summed E-state index contributed by atoms with van der Waals surface area (Å²) in [6.07, 6.45) is 5.98. The van der Waals surface area contributed by atoms with Crippen LogP contribution >= 0.6 is 0 Å². The summed E-state index contributed by atoms with van der Waals surface area (Å²) >= 11 is 0. The van der Waals surface area contributed by atoms with E-state index >= 15 is 0 Å². The van der Waals surface area contributed by atoms with Gasteiger partial charge < -0.3 is 9.80 Å². The molecule has 1 aromatic carbocycles. The van der Waals surface area contributed by atoms with Crippen molar-refractivity contribution in [2.75, 3.05) is 18.0 Å². The van der Waals surface area contributed by atoms with E-state index in [0.29, 0.717) is 12.2 Å². The molecule has 0 bridgehead atoms. The second-order valence-corrected chi connectivity index (χ2v) is 7.12. The van der Waals surface area contributed by atoms with E-state index in [1.165, 1.54) is 6.20 Å². The number of carbonyl (C=O) groups is 2. The Kier molecular flexibility index (Phi) is 5.84. The molecular weight excluding hydrogens is 340 g/mol. The fourth-order valence-corrected chi connectivity index (χ4v) is 3.39. The number of aromatic nitrogens is 2. The predicted molar refractivity (Wildman–Crippen MR) is 105 cm³/mol. The largest absolute Gasteiger partial charge is 0.323 e. The van der Waals surface area contributed by atoms with Crippen LogP contribution in [0.25, 0.3) is 0 Å². The first-order valence-corrected chi connectivity index (χ1v) is 9.46. The molecule has 2 amide bonds. The molecule has 0 aliphatic carbocycles. The molecule has 1 fully saturated rings. The zero-order chi connectivity index (χ0) is 19.4. The van der Waals surface area contributed by atoms with Gasteiger partial charge in [0.25, 0.3) is 5.91 Å². The van der Waals surface area contributed by atoms with E-state index in [4.69, 9.17) is 0 Å². The Morgan fingerprint density at radius 2 is 2.04 bits per heavy atom. The van der Waals surface area contributed by atoms with Crippen molar-refractivity contribution < 1.29 is 9.59 Å². The molecule has 0 saturated carbocycles. The Bertz CT molecular complexity index is 819. The van der Waals surface area contributed by atoms with Gasteiger partial charge in [0.1, 0.15) is 12.2 Å². The smallest absolute Gasteiger partial charge is 0.274 e. The SMILES string of the molecule is CCCC[C@H]1CN(c2cccc(C)c2)C(=O)CN1C(=O)c1cnc(C)cn1. The number of hydrogen-bond donors (Lipinski definition) is 0. The third-order valence-corrected chi connectivity index (χ3v) is 4.91. The van der Waals surface area contributed by atoms with Gasteiger partial charge in [-0.3, -0.25) is 14.6 Å². The van der Waals surface area contributed by atoms with Crippen LogP contribution in [0.15, 0.2) is 36.7 Å². The Morgan fingerprint density at radius 1 is 1.22 bits per heavy atom. The minimum absolute atomic E-state index is 0.0289. The number of unbranched alkanes of at least 4 members (excludes halogenated alkanes) is 1. The van der Waals surface area contributed by atoms with Crippen LogP contribution in [0.4, 0.5) is 5.69 Å². The third-order valence-electron chi connectivity index (χ3n) is 4.91. The zero-order valence-electron chi connectivity index (χ0n) is 16.2. The lowest BCUT2D eigenvalue weighted by molar-refractivity contribution is -0.121. The second-order valence-electron chi connectivity index (χ2n) is 7.12. The molecule has 2 aromatic rings. The summed E-state index contributed by atoms with van der Waals surface area (Å²) in [5, 5.41) is 0. The first kappa shape index (κ1) is 19.0. The number of anilines is 1. The molecule has 2 heterocycles. The van der Waals surface area contributed by atoms with Crippen molar-refractivity contribution in [3.8, 4) is 0 Å². The first-order valence-electron chi connectivity index (χ1n) is 9.46. The maximum absolute atomic E-state index is 13.0. The molecule has 0 spiro atoms.